The highest BCUT2D eigenvalue weighted by atomic mass is 32.1. The maximum Gasteiger partial charge on any atom is 0.170 e. The molecule has 4 heteroatoms. The van der Waals surface area contributed by atoms with Gasteiger partial charge in [-0.3, -0.25) is 0 Å². The molecule has 1 aromatic carbocycles. The fraction of sp³-hybridized carbons (Fsp3) is 0.500. The van der Waals surface area contributed by atoms with E-state index in [4.69, 9.17) is 17.0 Å². The van der Waals surface area contributed by atoms with Crippen molar-refractivity contribution in [2.24, 2.45) is 0 Å². The van der Waals surface area contributed by atoms with Gasteiger partial charge in [0.05, 0.1) is 6.61 Å². The second-order valence-electron chi connectivity index (χ2n) is 4.17. The number of rotatable bonds is 7. The van der Waals surface area contributed by atoms with Crippen molar-refractivity contribution in [3.63, 3.8) is 0 Å². The summed E-state index contributed by atoms with van der Waals surface area (Å²) >= 11 is 5.17. The molecule has 0 unspecified atom stereocenters. The molecule has 0 saturated carbocycles. The molecule has 0 amide bonds. The van der Waals surface area contributed by atoms with Gasteiger partial charge in [0.2, 0.25) is 0 Å². The molecule has 0 aromatic heterocycles. The lowest BCUT2D eigenvalue weighted by Crippen LogP contribution is -2.31. The maximum absolute atomic E-state index is 5.17. The van der Waals surface area contributed by atoms with Gasteiger partial charge in [-0.25, -0.2) is 0 Å². The lowest BCUT2D eigenvalue weighted by Gasteiger charge is -2.10. The van der Waals surface area contributed by atoms with Crippen LogP contribution in [0.25, 0.3) is 0 Å². The number of nitrogens with one attached hydrogen (secondary N) is 2. The van der Waals surface area contributed by atoms with Gasteiger partial charge >= 0.3 is 0 Å². The van der Waals surface area contributed by atoms with Gasteiger partial charge < -0.3 is 15.4 Å². The molecule has 0 radical (unpaired) electrons. The molecule has 0 spiro atoms. The Bertz CT molecular complexity index is 351. The average Bonchev–Trinajstić information content (AvgIpc) is 2.38. The fourth-order valence-corrected chi connectivity index (χ4v) is 1.80. The van der Waals surface area contributed by atoms with Crippen molar-refractivity contribution in [2.75, 3.05) is 25.6 Å². The van der Waals surface area contributed by atoms with Crippen molar-refractivity contribution in [1.29, 1.82) is 0 Å². The van der Waals surface area contributed by atoms with Crippen LogP contribution in [0.15, 0.2) is 24.3 Å². The minimum absolute atomic E-state index is 0.633. The summed E-state index contributed by atoms with van der Waals surface area (Å²) in [6.07, 6.45) is 3.62. The molecule has 18 heavy (non-hydrogen) atoms. The van der Waals surface area contributed by atoms with Crippen molar-refractivity contribution in [3.8, 4) is 0 Å². The number of benzene rings is 1. The van der Waals surface area contributed by atoms with Gasteiger partial charge in [-0.15, -0.1) is 0 Å². The van der Waals surface area contributed by atoms with Crippen molar-refractivity contribution in [3.05, 3.63) is 29.8 Å². The Kier molecular flexibility index (Phi) is 7.37. The van der Waals surface area contributed by atoms with E-state index in [0.717, 1.165) is 18.7 Å². The molecule has 0 aliphatic heterocycles. The van der Waals surface area contributed by atoms with Crippen LogP contribution in [0.5, 0.6) is 0 Å². The molecule has 0 saturated heterocycles. The van der Waals surface area contributed by atoms with Crippen LogP contribution in [0, 0.1) is 0 Å². The highest BCUT2D eigenvalue weighted by Crippen LogP contribution is 2.11. The zero-order valence-corrected chi connectivity index (χ0v) is 12.0. The molecule has 0 heterocycles. The first-order valence-corrected chi connectivity index (χ1v) is 6.79. The number of aryl methyl sites for hydroxylation is 1. The van der Waals surface area contributed by atoms with Gasteiger partial charge in [0, 0.05) is 19.3 Å². The molecule has 0 atom stereocenters. The van der Waals surface area contributed by atoms with E-state index in [0.29, 0.717) is 11.7 Å². The van der Waals surface area contributed by atoms with Gasteiger partial charge in [-0.1, -0.05) is 25.5 Å². The van der Waals surface area contributed by atoms with E-state index in [1.54, 1.807) is 7.11 Å². The maximum atomic E-state index is 5.17. The van der Waals surface area contributed by atoms with Gasteiger partial charge in [-0.05, 0) is 42.8 Å². The molecule has 0 fully saturated rings. The molecule has 0 aliphatic rings. The quantitative estimate of drug-likeness (QED) is 0.587. The van der Waals surface area contributed by atoms with Crippen LogP contribution in [0.2, 0.25) is 0 Å². The molecule has 100 valence electrons. The Morgan fingerprint density at radius 3 is 2.61 bits per heavy atom. The van der Waals surface area contributed by atoms with E-state index in [2.05, 4.69) is 41.8 Å². The van der Waals surface area contributed by atoms with Crippen LogP contribution in [0.3, 0.4) is 0 Å². The van der Waals surface area contributed by atoms with Crippen molar-refractivity contribution >= 4 is 23.0 Å². The molecule has 0 aliphatic carbocycles. The second-order valence-corrected chi connectivity index (χ2v) is 4.58. The molecule has 1 rings (SSSR count). The number of methoxy groups -OCH3 is 1. The van der Waals surface area contributed by atoms with E-state index >= 15 is 0 Å². The highest BCUT2D eigenvalue weighted by Gasteiger charge is 1.97. The Morgan fingerprint density at radius 1 is 1.28 bits per heavy atom. The summed E-state index contributed by atoms with van der Waals surface area (Å²) in [5.41, 5.74) is 2.39. The predicted octanol–water partition coefficient (Wildman–Crippen LogP) is 2.96. The highest BCUT2D eigenvalue weighted by molar-refractivity contribution is 7.80. The summed E-state index contributed by atoms with van der Waals surface area (Å²) in [5.74, 6) is 0. The summed E-state index contributed by atoms with van der Waals surface area (Å²) in [7, 11) is 1.67. The van der Waals surface area contributed by atoms with Crippen LogP contribution >= 0.6 is 12.2 Å². The normalized spacial score (nSPS) is 10.1. The van der Waals surface area contributed by atoms with Crippen molar-refractivity contribution < 1.29 is 4.74 Å². The molecule has 3 nitrogen and oxygen atoms in total. The summed E-state index contributed by atoms with van der Waals surface area (Å²) in [6, 6.07) is 8.43. The Labute approximate surface area is 115 Å². The third-order valence-corrected chi connectivity index (χ3v) is 2.87. The van der Waals surface area contributed by atoms with Gasteiger partial charge in [0.25, 0.3) is 0 Å². The zero-order chi connectivity index (χ0) is 13.2. The van der Waals surface area contributed by atoms with E-state index < -0.39 is 0 Å². The number of ether oxygens (including phenoxy) is 1. The number of anilines is 1. The van der Waals surface area contributed by atoms with Gasteiger partial charge in [0.15, 0.2) is 5.11 Å². The standard InChI is InChI=1S/C14H22N2OS/c1-3-4-5-12-6-8-13(9-7-12)16-14(18)15-10-11-17-2/h6-9H,3-5,10-11H2,1-2H3,(H2,15,16,18). The van der Waals surface area contributed by atoms with Crippen LogP contribution in [-0.2, 0) is 11.2 Å². The minimum Gasteiger partial charge on any atom is -0.383 e. The third-order valence-electron chi connectivity index (χ3n) is 2.62. The van der Waals surface area contributed by atoms with E-state index in [1.807, 2.05) is 0 Å². The smallest absolute Gasteiger partial charge is 0.170 e. The first-order valence-electron chi connectivity index (χ1n) is 6.39. The number of hydrogen-bond acceptors (Lipinski definition) is 2. The number of unbranched alkanes of at least 4 members (excludes halogenated alkanes) is 1. The number of thiocarbonyl (C=S) groups is 1. The molecular weight excluding hydrogens is 244 g/mol. The number of hydrogen-bond donors (Lipinski definition) is 2. The van der Waals surface area contributed by atoms with Gasteiger partial charge in [0.1, 0.15) is 0 Å². The summed E-state index contributed by atoms with van der Waals surface area (Å²) < 4.78 is 4.95. The lowest BCUT2D eigenvalue weighted by atomic mass is 10.1. The third kappa shape index (κ3) is 5.98. The van der Waals surface area contributed by atoms with Crippen LogP contribution in [0.1, 0.15) is 25.3 Å². The Morgan fingerprint density at radius 2 is 2.00 bits per heavy atom. The summed E-state index contributed by atoms with van der Waals surface area (Å²) in [5, 5.41) is 6.86. The Balaban J connectivity index is 2.35. The van der Waals surface area contributed by atoms with Crippen LogP contribution < -0.4 is 10.6 Å². The summed E-state index contributed by atoms with van der Waals surface area (Å²) in [4.78, 5) is 0. The average molecular weight is 266 g/mol. The first kappa shape index (κ1) is 14.9. The SMILES string of the molecule is CCCCc1ccc(NC(=S)NCCOC)cc1. The monoisotopic (exact) mass is 266 g/mol. The molecule has 0 bridgehead atoms. The predicted molar refractivity (Wildman–Crippen MR) is 81.2 cm³/mol. The van der Waals surface area contributed by atoms with Crippen LogP contribution in [-0.4, -0.2) is 25.4 Å². The fourth-order valence-electron chi connectivity index (χ4n) is 1.58. The second kappa shape index (κ2) is 8.89. The minimum atomic E-state index is 0.633. The Hall–Kier alpha value is -1.13. The van der Waals surface area contributed by atoms with Crippen molar-refractivity contribution in [1.82, 2.24) is 5.32 Å². The van der Waals surface area contributed by atoms with Crippen LogP contribution in [0.4, 0.5) is 5.69 Å². The molecule has 1 aromatic rings. The topological polar surface area (TPSA) is 33.3 Å². The molecular formula is C14H22N2OS. The zero-order valence-electron chi connectivity index (χ0n) is 11.2. The molecule has 2 N–H and O–H groups in total. The van der Waals surface area contributed by atoms with Crippen molar-refractivity contribution in [2.45, 2.75) is 26.2 Å². The van der Waals surface area contributed by atoms with Gasteiger partial charge in [-0.2, -0.15) is 0 Å². The van der Waals surface area contributed by atoms with E-state index in [1.165, 1.54) is 18.4 Å². The van der Waals surface area contributed by atoms with E-state index in [9.17, 15) is 0 Å². The van der Waals surface area contributed by atoms with E-state index in [-0.39, 0.29) is 0 Å². The first-order chi connectivity index (χ1) is 8.76. The largest absolute Gasteiger partial charge is 0.383 e. The summed E-state index contributed by atoms with van der Waals surface area (Å²) in [6.45, 7) is 3.58. The lowest BCUT2D eigenvalue weighted by molar-refractivity contribution is 0.204.